The third-order valence-corrected chi connectivity index (χ3v) is 4.00. The van der Waals surface area contributed by atoms with Gasteiger partial charge in [-0.05, 0) is 24.3 Å². The van der Waals surface area contributed by atoms with Crippen LogP contribution in [0.1, 0.15) is 33.2 Å². The lowest BCUT2D eigenvalue weighted by atomic mass is 9.81. The summed E-state index contributed by atoms with van der Waals surface area (Å²) in [5.74, 6) is -1.24. The summed E-state index contributed by atoms with van der Waals surface area (Å²) in [5, 5.41) is 36.5. The monoisotopic (exact) mass is 370 g/mol. The van der Waals surface area contributed by atoms with Gasteiger partial charge < -0.3 is 20.4 Å². The molecule has 0 aliphatic heterocycles. The summed E-state index contributed by atoms with van der Waals surface area (Å²) in [7, 11) is 0. The summed E-state index contributed by atoms with van der Waals surface area (Å²) >= 11 is 0. The van der Waals surface area contributed by atoms with E-state index in [1.54, 1.807) is 6.92 Å². The number of aromatic carboxylic acids is 2. The van der Waals surface area contributed by atoms with Crippen molar-refractivity contribution in [2.75, 3.05) is 0 Å². The Hall–Kier alpha value is -3.86. The number of benzene rings is 1. The van der Waals surface area contributed by atoms with Gasteiger partial charge in [0.15, 0.2) is 0 Å². The molecule has 0 amide bonds. The lowest BCUT2D eigenvalue weighted by Crippen LogP contribution is -2.22. The number of carboxylic acid groups (broad SMARTS) is 4. The van der Waals surface area contributed by atoms with Gasteiger partial charge >= 0.3 is 23.9 Å². The number of hydrogen-bond acceptors (Lipinski definition) is 4. The molecule has 8 nitrogen and oxygen atoms in total. The van der Waals surface area contributed by atoms with Crippen molar-refractivity contribution in [3.63, 3.8) is 0 Å². The van der Waals surface area contributed by atoms with Gasteiger partial charge in [0.1, 0.15) is 0 Å². The van der Waals surface area contributed by atoms with Crippen molar-refractivity contribution in [2.24, 2.45) is 11.8 Å². The smallest absolute Gasteiger partial charge is 0.335 e. The fraction of sp³-hybridized carbons (Fsp3) is 0.158. The Balaban J connectivity index is 2.48. The van der Waals surface area contributed by atoms with Gasteiger partial charge in [0.2, 0.25) is 0 Å². The molecule has 0 aromatic heterocycles. The van der Waals surface area contributed by atoms with E-state index in [1.807, 2.05) is 0 Å². The van der Waals surface area contributed by atoms with Crippen molar-refractivity contribution in [2.45, 2.75) is 6.92 Å². The number of allylic oxidation sites excluding steroid dienone is 1. The molecule has 1 aromatic rings. The molecule has 8 heteroatoms. The molecule has 138 valence electrons. The highest BCUT2D eigenvalue weighted by atomic mass is 16.4. The molecule has 0 spiro atoms. The predicted octanol–water partition coefficient (Wildman–Crippen LogP) is 1.72. The molecule has 1 aromatic carbocycles. The molecule has 2 atom stereocenters. The molecular formula is C19H14O8. The Morgan fingerprint density at radius 3 is 1.85 bits per heavy atom. The van der Waals surface area contributed by atoms with Gasteiger partial charge in [0.25, 0.3) is 0 Å². The number of hydrogen-bond donors (Lipinski definition) is 4. The van der Waals surface area contributed by atoms with E-state index in [0.29, 0.717) is 0 Å². The minimum atomic E-state index is -1.32. The van der Waals surface area contributed by atoms with Crippen LogP contribution in [0, 0.1) is 23.7 Å². The Kier molecular flexibility index (Phi) is 5.46. The van der Waals surface area contributed by atoms with Crippen LogP contribution in [0.25, 0.3) is 0 Å². The van der Waals surface area contributed by atoms with E-state index in [9.17, 15) is 24.3 Å². The summed E-state index contributed by atoms with van der Waals surface area (Å²) in [6.07, 6.45) is 2.38. The molecule has 1 aliphatic carbocycles. The van der Waals surface area contributed by atoms with Gasteiger partial charge in [-0.2, -0.15) is 0 Å². The molecule has 0 saturated heterocycles. The predicted molar refractivity (Wildman–Crippen MR) is 91.3 cm³/mol. The van der Waals surface area contributed by atoms with Crippen LogP contribution in [0.4, 0.5) is 0 Å². The van der Waals surface area contributed by atoms with Crippen LogP contribution in [0.5, 0.6) is 0 Å². The molecule has 0 bridgehead atoms. The van der Waals surface area contributed by atoms with Crippen molar-refractivity contribution in [1.29, 1.82) is 0 Å². The van der Waals surface area contributed by atoms with E-state index < -0.39 is 35.7 Å². The highest BCUT2D eigenvalue weighted by Crippen LogP contribution is 2.29. The van der Waals surface area contributed by atoms with Gasteiger partial charge in [0.05, 0.1) is 16.7 Å². The average molecular weight is 370 g/mol. The summed E-state index contributed by atoms with van der Waals surface area (Å²) in [6.45, 7) is 1.57. The minimum Gasteiger partial charge on any atom is -0.478 e. The number of aliphatic carboxylic acids is 2. The minimum absolute atomic E-state index is 0.108. The van der Waals surface area contributed by atoms with E-state index in [-0.39, 0.29) is 27.8 Å². The van der Waals surface area contributed by atoms with Crippen LogP contribution in [0.3, 0.4) is 0 Å². The van der Waals surface area contributed by atoms with Gasteiger partial charge in [-0.1, -0.05) is 24.8 Å². The average Bonchev–Trinajstić information content (AvgIpc) is 2.59. The van der Waals surface area contributed by atoms with E-state index in [1.165, 1.54) is 18.2 Å². The number of rotatable bonds is 4. The first-order valence-corrected chi connectivity index (χ1v) is 7.63. The zero-order chi connectivity index (χ0) is 20.3. The zero-order valence-electron chi connectivity index (χ0n) is 14.0. The number of carboxylic acids is 4. The molecule has 0 saturated carbocycles. The lowest BCUT2D eigenvalue weighted by Gasteiger charge is -2.21. The van der Waals surface area contributed by atoms with E-state index in [4.69, 9.17) is 15.3 Å². The molecule has 2 rings (SSSR count). The van der Waals surface area contributed by atoms with Crippen molar-refractivity contribution < 1.29 is 39.6 Å². The normalized spacial score (nSPS) is 18.4. The van der Waals surface area contributed by atoms with Crippen LogP contribution in [-0.2, 0) is 9.59 Å². The molecule has 0 radical (unpaired) electrons. The van der Waals surface area contributed by atoms with Crippen LogP contribution < -0.4 is 0 Å². The summed E-state index contributed by atoms with van der Waals surface area (Å²) in [4.78, 5) is 44.8. The molecular weight excluding hydrogens is 356 g/mol. The highest BCUT2D eigenvalue weighted by molar-refractivity contribution is 5.96. The first-order valence-electron chi connectivity index (χ1n) is 7.63. The highest BCUT2D eigenvalue weighted by Gasteiger charge is 2.28. The first-order chi connectivity index (χ1) is 12.6. The Bertz CT molecular complexity index is 939. The standard InChI is InChI=1S/C19H14O8/c1-9-11(6-14(18(24)25)8-15(9)19(26)27)3-2-10-4-12(16(20)21)7-13(5-10)17(22)23/h4-9,11H,1H3,(H,20,21)(H,22,23)(H,24,25)(H,26,27). The van der Waals surface area contributed by atoms with Gasteiger partial charge in [-0.25, -0.2) is 19.2 Å². The van der Waals surface area contributed by atoms with Gasteiger partial charge in [0, 0.05) is 23.0 Å². The maximum atomic E-state index is 11.3. The molecule has 0 fully saturated rings. The third-order valence-electron chi connectivity index (χ3n) is 4.00. The Morgan fingerprint density at radius 1 is 0.852 bits per heavy atom. The van der Waals surface area contributed by atoms with Crippen molar-refractivity contribution in [1.82, 2.24) is 0 Å². The van der Waals surface area contributed by atoms with E-state index in [2.05, 4.69) is 11.8 Å². The fourth-order valence-corrected chi connectivity index (χ4v) is 2.55. The van der Waals surface area contributed by atoms with Crippen molar-refractivity contribution in [3.05, 3.63) is 58.2 Å². The van der Waals surface area contributed by atoms with Gasteiger partial charge in [-0.15, -0.1) is 0 Å². The number of carbonyl (C=O) groups is 4. The molecule has 4 N–H and O–H groups in total. The second-order valence-corrected chi connectivity index (χ2v) is 5.83. The maximum absolute atomic E-state index is 11.3. The quantitative estimate of drug-likeness (QED) is 0.585. The molecule has 1 aliphatic rings. The maximum Gasteiger partial charge on any atom is 0.335 e. The fourth-order valence-electron chi connectivity index (χ4n) is 2.55. The Labute approximate surface area is 153 Å². The van der Waals surface area contributed by atoms with Crippen molar-refractivity contribution >= 4 is 23.9 Å². The third kappa shape index (κ3) is 4.41. The van der Waals surface area contributed by atoms with Crippen LogP contribution in [0.15, 0.2) is 41.5 Å². The Morgan fingerprint density at radius 2 is 1.41 bits per heavy atom. The van der Waals surface area contributed by atoms with Crippen LogP contribution in [0.2, 0.25) is 0 Å². The zero-order valence-corrected chi connectivity index (χ0v) is 14.0. The molecule has 2 unspecified atom stereocenters. The molecule has 0 heterocycles. The molecule has 27 heavy (non-hydrogen) atoms. The van der Waals surface area contributed by atoms with Gasteiger partial charge in [-0.3, -0.25) is 0 Å². The summed E-state index contributed by atoms with van der Waals surface area (Å²) < 4.78 is 0. The first kappa shape index (κ1) is 19.5. The van der Waals surface area contributed by atoms with Crippen LogP contribution >= 0.6 is 0 Å². The van der Waals surface area contributed by atoms with E-state index in [0.717, 1.165) is 12.1 Å². The van der Waals surface area contributed by atoms with Crippen molar-refractivity contribution in [3.8, 4) is 11.8 Å². The SMILES string of the molecule is CC1C(C(=O)O)=CC(C(=O)O)=CC1C#Cc1cc(C(=O)O)cc(C(=O)O)c1. The topological polar surface area (TPSA) is 149 Å². The second-order valence-electron chi connectivity index (χ2n) is 5.83. The lowest BCUT2D eigenvalue weighted by molar-refractivity contribution is -0.133. The largest absolute Gasteiger partial charge is 0.478 e. The van der Waals surface area contributed by atoms with Crippen LogP contribution in [-0.4, -0.2) is 44.3 Å². The summed E-state index contributed by atoms with van der Waals surface area (Å²) in [5.41, 5.74) is -0.737. The summed E-state index contributed by atoms with van der Waals surface area (Å²) in [6, 6.07) is 3.36. The second kappa shape index (κ2) is 7.58. The van der Waals surface area contributed by atoms with E-state index >= 15 is 0 Å².